The Hall–Kier alpha value is -2.45. The SMILES string of the molecule is CC[C@@H]1CCc2sc(-c3nnc(SCc4nnc(-c5ccccc5)o4)n3C)cc2C1. The summed E-state index contributed by atoms with van der Waals surface area (Å²) in [6.07, 6.45) is 4.96. The van der Waals surface area contributed by atoms with Crippen molar-refractivity contribution in [3.63, 3.8) is 0 Å². The van der Waals surface area contributed by atoms with Crippen molar-refractivity contribution in [3.05, 3.63) is 52.7 Å². The van der Waals surface area contributed by atoms with Gasteiger partial charge in [0.15, 0.2) is 11.0 Å². The first-order valence-electron chi connectivity index (χ1n) is 10.2. The third kappa shape index (κ3) is 3.81. The molecule has 3 heterocycles. The number of thioether (sulfide) groups is 1. The molecule has 0 fully saturated rings. The maximum absolute atomic E-state index is 5.80. The molecule has 0 aliphatic heterocycles. The molecule has 0 unspecified atom stereocenters. The smallest absolute Gasteiger partial charge is 0.247 e. The number of hydrogen-bond donors (Lipinski definition) is 0. The van der Waals surface area contributed by atoms with Gasteiger partial charge in [0.2, 0.25) is 11.8 Å². The molecule has 30 heavy (non-hydrogen) atoms. The Labute approximate surface area is 183 Å². The Kier molecular flexibility index (Phi) is 5.43. The van der Waals surface area contributed by atoms with Gasteiger partial charge < -0.3 is 8.98 Å². The number of benzene rings is 1. The third-order valence-corrected chi connectivity index (χ3v) is 7.87. The molecule has 0 N–H and O–H groups in total. The van der Waals surface area contributed by atoms with Crippen molar-refractivity contribution >= 4 is 23.1 Å². The number of aryl methyl sites for hydroxylation is 1. The Morgan fingerprint density at radius 1 is 1.17 bits per heavy atom. The van der Waals surface area contributed by atoms with E-state index >= 15 is 0 Å². The van der Waals surface area contributed by atoms with E-state index in [-0.39, 0.29) is 0 Å². The molecule has 1 aromatic carbocycles. The molecule has 0 bridgehead atoms. The molecule has 0 amide bonds. The van der Waals surface area contributed by atoms with Crippen LogP contribution in [0, 0.1) is 5.92 Å². The minimum absolute atomic E-state index is 0.541. The van der Waals surface area contributed by atoms with Gasteiger partial charge >= 0.3 is 0 Å². The fraction of sp³-hybridized carbons (Fsp3) is 0.364. The number of aromatic nitrogens is 5. The van der Waals surface area contributed by atoms with Crippen molar-refractivity contribution in [2.45, 2.75) is 43.5 Å². The summed E-state index contributed by atoms with van der Waals surface area (Å²) < 4.78 is 7.86. The predicted octanol–water partition coefficient (Wildman–Crippen LogP) is 5.40. The van der Waals surface area contributed by atoms with Crippen LogP contribution in [0.4, 0.5) is 0 Å². The standard InChI is InChI=1S/C22H23N5OS2/c1-3-14-9-10-17-16(11-14)12-18(30-17)20-24-26-22(27(20)2)29-13-19-23-25-21(28-19)15-7-5-4-6-8-15/h4-8,12,14H,3,9-11,13H2,1-2H3/t14-/m1/s1. The normalized spacial score (nSPS) is 16.0. The molecule has 0 spiro atoms. The van der Waals surface area contributed by atoms with Crippen molar-refractivity contribution in [2.75, 3.05) is 0 Å². The number of fused-ring (bicyclic) bond motifs is 1. The Morgan fingerprint density at radius 2 is 2.03 bits per heavy atom. The molecule has 1 atom stereocenters. The molecule has 0 saturated carbocycles. The molecule has 8 heteroatoms. The number of rotatable bonds is 6. The highest BCUT2D eigenvalue weighted by atomic mass is 32.2. The van der Waals surface area contributed by atoms with Gasteiger partial charge in [0.05, 0.1) is 10.6 Å². The summed E-state index contributed by atoms with van der Waals surface area (Å²) in [7, 11) is 2.02. The molecular formula is C22H23N5OS2. The van der Waals surface area contributed by atoms with Crippen LogP contribution < -0.4 is 0 Å². The Balaban J connectivity index is 1.29. The number of hydrogen-bond acceptors (Lipinski definition) is 7. The van der Waals surface area contributed by atoms with Crippen LogP contribution in [0.2, 0.25) is 0 Å². The maximum Gasteiger partial charge on any atom is 0.247 e. The van der Waals surface area contributed by atoms with E-state index in [0.29, 0.717) is 17.5 Å². The summed E-state index contributed by atoms with van der Waals surface area (Å²) in [6.45, 7) is 2.29. The lowest BCUT2D eigenvalue weighted by molar-refractivity contribution is 0.449. The van der Waals surface area contributed by atoms with E-state index in [1.165, 1.54) is 41.0 Å². The van der Waals surface area contributed by atoms with Gasteiger partial charge in [0, 0.05) is 17.5 Å². The first-order valence-corrected chi connectivity index (χ1v) is 12.0. The van der Waals surface area contributed by atoms with E-state index in [1.807, 2.05) is 48.7 Å². The van der Waals surface area contributed by atoms with E-state index in [1.54, 1.807) is 11.8 Å². The third-order valence-electron chi connectivity index (χ3n) is 5.63. The highest BCUT2D eigenvalue weighted by Gasteiger charge is 2.22. The molecule has 0 radical (unpaired) electrons. The van der Waals surface area contributed by atoms with Crippen LogP contribution in [-0.2, 0) is 25.6 Å². The fourth-order valence-corrected chi connectivity index (χ4v) is 5.83. The summed E-state index contributed by atoms with van der Waals surface area (Å²) >= 11 is 3.43. The van der Waals surface area contributed by atoms with Crippen LogP contribution in [0.15, 0.2) is 46.0 Å². The molecule has 1 aliphatic carbocycles. The molecular weight excluding hydrogens is 414 g/mol. The first kappa shape index (κ1) is 19.5. The average Bonchev–Trinajstić information content (AvgIpc) is 3.50. The van der Waals surface area contributed by atoms with E-state index in [2.05, 4.69) is 38.0 Å². The molecule has 5 rings (SSSR count). The predicted molar refractivity (Wildman–Crippen MR) is 119 cm³/mol. The summed E-state index contributed by atoms with van der Waals surface area (Å²) in [5.41, 5.74) is 2.43. The Bertz CT molecular complexity index is 1150. The van der Waals surface area contributed by atoms with Crippen LogP contribution in [0.3, 0.4) is 0 Å². The lowest BCUT2D eigenvalue weighted by atomic mass is 9.87. The van der Waals surface area contributed by atoms with Gasteiger partial charge in [-0.1, -0.05) is 43.3 Å². The van der Waals surface area contributed by atoms with Crippen LogP contribution in [0.5, 0.6) is 0 Å². The van der Waals surface area contributed by atoms with E-state index in [9.17, 15) is 0 Å². The molecule has 6 nitrogen and oxygen atoms in total. The summed E-state index contributed by atoms with van der Waals surface area (Å²) in [5, 5.41) is 18.0. The second-order valence-electron chi connectivity index (χ2n) is 7.60. The van der Waals surface area contributed by atoms with Gasteiger partial charge in [-0.05, 0) is 48.9 Å². The monoisotopic (exact) mass is 437 g/mol. The molecule has 154 valence electrons. The van der Waals surface area contributed by atoms with Crippen molar-refractivity contribution in [1.29, 1.82) is 0 Å². The van der Waals surface area contributed by atoms with Gasteiger partial charge in [0.1, 0.15) is 0 Å². The quantitative estimate of drug-likeness (QED) is 0.376. The number of nitrogens with zero attached hydrogens (tertiary/aromatic N) is 5. The van der Waals surface area contributed by atoms with Gasteiger partial charge in [-0.15, -0.1) is 31.7 Å². The maximum atomic E-state index is 5.80. The second-order valence-corrected chi connectivity index (χ2v) is 9.68. The van der Waals surface area contributed by atoms with Gasteiger partial charge in [-0.2, -0.15) is 0 Å². The van der Waals surface area contributed by atoms with E-state index < -0.39 is 0 Å². The van der Waals surface area contributed by atoms with Crippen LogP contribution in [0.25, 0.3) is 22.2 Å². The summed E-state index contributed by atoms with van der Waals surface area (Å²) in [5.74, 6) is 3.44. The van der Waals surface area contributed by atoms with Gasteiger partial charge in [-0.3, -0.25) is 0 Å². The van der Waals surface area contributed by atoms with Crippen LogP contribution >= 0.6 is 23.1 Å². The highest BCUT2D eigenvalue weighted by Crippen LogP contribution is 2.38. The average molecular weight is 438 g/mol. The minimum Gasteiger partial charge on any atom is -0.420 e. The molecule has 0 saturated heterocycles. The van der Waals surface area contributed by atoms with Gasteiger partial charge in [0.25, 0.3) is 0 Å². The zero-order valence-corrected chi connectivity index (χ0v) is 18.7. The highest BCUT2D eigenvalue weighted by molar-refractivity contribution is 7.98. The Morgan fingerprint density at radius 3 is 2.87 bits per heavy atom. The zero-order chi connectivity index (χ0) is 20.5. The van der Waals surface area contributed by atoms with Crippen molar-refractivity contribution in [2.24, 2.45) is 13.0 Å². The molecule has 3 aromatic heterocycles. The van der Waals surface area contributed by atoms with E-state index in [4.69, 9.17) is 4.42 Å². The summed E-state index contributed by atoms with van der Waals surface area (Å²) in [4.78, 5) is 2.73. The van der Waals surface area contributed by atoms with Crippen LogP contribution in [-0.4, -0.2) is 25.0 Å². The molecule has 4 aromatic rings. The zero-order valence-electron chi connectivity index (χ0n) is 17.0. The van der Waals surface area contributed by atoms with Crippen molar-refractivity contribution < 1.29 is 4.42 Å². The van der Waals surface area contributed by atoms with Crippen molar-refractivity contribution in [3.8, 4) is 22.2 Å². The minimum atomic E-state index is 0.541. The van der Waals surface area contributed by atoms with Crippen molar-refractivity contribution in [1.82, 2.24) is 25.0 Å². The second kappa shape index (κ2) is 8.35. The van der Waals surface area contributed by atoms with Gasteiger partial charge in [-0.25, -0.2) is 0 Å². The summed E-state index contributed by atoms with van der Waals surface area (Å²) in [6, 6.07) is 12.1. The topological polar surface area (TPSA) is 69.6 Å². The number of thiophene rings is 1. The lowest BCUT2D eigenvalue weighted by Gasteiger charge is -2.19. The largest absolute Gasteiger partial charge is 0.420 e. The fourth-order valence-electron chi connectivity index (χ4n) is 3.85. The molecule has 1 aliphatic rings. The lowest BCUT2D eigenvalue weighted by Crippen LogP contribution is -2.10. The first-order chi connectivity index (χ1) is 14.7. The van der Waals surface area contributed by atoms with Crippen LogP contribution in [0.1, 0.15) is 36.1 Å². The van der Waals surface area contributed by atoms with E-state index in [0.717, 1.165) is 22.5 Å².